The molecule has 1 N–H and O–H groups in total. The third kappa shape index (κ3) is 4.51. The molecule has 1 aromatic rings. The van der Waals surface area contributed by atoms with E-state index in [1.165, 1.54) is 12.1 Å². The van der Waals surface area contributed by atoms with Crippen LogP contribution in [0.15, 0.2) is 30.3 Å². The highest BCUT2D eigenvalue weighted by Crippen LogP contribution is 2.28. The molecule has 1 fully saturated rings. The van der Waals surface area contributed by atoms with Crippen molar-refractivity contribution in [2.75, 3.05) is 13.1 Å². The number of likely N-dealkylation sites (tertiary alicyclic amines) is 1. The molecule has 0 bridgehead atoms. The van der Waals surface area contributed by atoms with Gasteiger partial charge in [-0.2, -0.15) is 8.78 Å². The van der Waals surface area contributed by atoms with Crippen molar-refractivity contribution in [3.8, 4) is 5.75 Å². The number of nitrogens with zero attached hydrogens (tertiary/aromatic N) is 1. The topological polar surface area (TPSA) is 49.8 Å². The second-order valence-corrected chi connectivity index (χ2v) is 5.78. The van der Waals surface area contributed by atoms with Crippen LogP contribution in [0.25, 0.3) is 5.57 Å². The van der Waals surface area contributed by atoms with Crippen LogP contribution < -0.4 is 4.74 Å². The van der Waals surface area contributed by atoms with E-state index in [1.54, 1.807) is 36.9 Å². The molecule has 1 aliphatic rings. The fourth-order valence-electron chi connectivity index (χ4n) is 2.73. The Morgan fingerprint density at radius 3 is 2.74 bits per heavy atom. The van der Waals surface area contributed by atoms with E-state index in [1.807, 2.05) is 0 Å². The third-order valence-corrected chi connectivity index (χ3v) is 4.09. The van der Waals surface area contributed by atoms with E-state index in [0.717, 1.165) is 6.42 Å². The maximum Gasteiger partial charge on any atom is 0.387 e. The summed E-state index contributed by atoms with van der Waals surface area (Å²) in [5.74, 6) is -0.0491. The van der Waals surface area contributed by atoms with Crippen LogP contribution in [0.3, 0.4) is 0 Å². The number of rotatable bonds is 5. The molecule has 126 valence electrons. The highest BCUT2D eigenvalue weighted by Gasteiger charge is 2.28. The fraction of sp³-hybridized carbons (Fsp3) is 0.471. The molecule has 4 nitrogen and oxygen atoms in total. The summed E-state index contributed by atoms with van der Waals surface area (Å²) >= 11 is 0. The second kappa shape index (κ2) is 7.55. The lowest BCUT2D eigenvalue weighted by molar-refractivity contribution is -0.125. The second-order valence-electron chi connectivity index (χ2n) is 5.78. The minimum Gasteiger partial charge on any atom is -0.434 e. The third-order valence-electron chi connectivity index (χ3n) is 4.09. The van der Waals surface area contributed by atoms with Crippen molar-refractivity contribution in [1.29, 1.82) is 0 Å². The first-order valence-corrected chi connectivity index (χ1v) is 7.58. The highest BCUT2D eigenvalue weighted by atomic mass is 19.3. The molecule has 0 aliphatic carbocycles. The summed E-state index contributed by atoms with van der Waals surface area (Å²) in [6.07, 6.45) is 1.75. The summed E-state index contributed by atoms with van der Waals surface area (Å²) in [5.41, 5.74) is 1.03. The van der Waals surface area contributed by atoms with Gasteiger partial charge in [0.25, 0.3) is 0 Å². The molecule has 6 heteroatoms. The number of benzene rings is 1. The monoisotopic (exact) mass is 325 g/mol. The maximum absolute atomic E-state index is 12.5. The van der Waals surface area contributed by atoms with E-state index in [2.05, 4.69) is 4.74 Å². The molecule has 0 aromatic heterocycles. The zero-order valence-electron chi connectivity index (χ0n) is 13.2. The Hall–Kier alpha value is -1.95. The van der Waals surface area contributed by atoms with Gasteiger partial charge in [-0.25, -0.2) is 0 Å². The summed E-state index contributed by atoms with van der Waals surface area (Å²) < 4.78 is 29.4. The number of allylic oxidation sites excluding steroid dienone is 1. The summed E-state index contributed by atoms with van der Waals surface area (Å²) in [6.45, 7) is 1.60. The molecule has 0 radical (unpaired) electrons. The average molecular weight is 325 g/mol. The first-order valence-electron chi connectivity index (χ1n) is 7.58. The highest BCUT2D eigenvalue weighted by molar-refractivity contribution is 5.95. The van der Waals surface area contributed by atoms with Crippen LogP contribution in [0.2, 0.25) is 0 Å². The molecule has 1 saturated heterocycles. The van der Waals surface area contributed by atoms with Crippen molar-refractivity contribution in [2.45, 2.75) is 33.0 Å². The van der Waals surface area contributed by atoms with Crippen LogP contribution in [0, 0.1) is 5.92 Å². The Kier molecular flexibility index (Phi) is 5.71. The van der Waals surface area contributed by atoms with Gasteiger partial charge in [0.1, 0.15) is 5.75 Å². The molecular formula is C17H21F2NO3. The normalized spacial score (nSPS) is 20.0. The molecule has 0 spiro atoms. The van der Waals surface area contributed by atoms with E-state index in [0.29, 0.717) is 24.2 Å². The maximum atomic E-state index is 12.5. The number of alkyl halides is 2. The molecule has 1 heterocycles. The van der Waals surface area contributed by atoms with E-state index in [4.69, 9.17) is 0 Å². The largest absolute Gasteiger partial charge is 0.434 e. The minimum absolute atomic E-state index is 0.0485. The zero-order chi connectivity index (χ0) is 17.0. The molecule has 23 heavy (non-hydrogen) atoms. The molecular weight excluding hydrogens is 304 g/mol. The van der Waals surface area contributed by atoms with Gasteiger partial charge in [0.2, 0.25) is 5.91 Å². The number of halogens is 2. The Labute approximate surface area is 134 Å². The summed E-state index contributed by atoms with van der Waals surface area (Å²) in [7, 11) is 0. The van der Waals surface area contributed by atoms with Crippen LogP contribution in [-0.2, 0) is 4.79 Å². The molecule has 2 atom stereocenters. The zero-order valence-corrected chi connectivity index (χ0v) is 13.2. The fourth-order valence-corrected chi connectivity index (χ4v) is 2.73. The number of ether oxygens (including phenoxy) is 1. The van der Waals surface area contributed by atoms with Crippen LogP contribution in [0.5, 0.6) is 5.75 Å². The molecule has 2 rings (SSSR count). The number of hydrogen-bond donors (Lipinski definition) is 1. The lowest BCUT2D eigenvalue weighted by Gasteiger charge is -2.17. The van der Waals surface area contributed by atoms with Crippen molar-refractivity contribution in [2.24, 2.45) is 5.92 Å². The van der Waals surface area contributed by atoms with Gasteiger partial charge in [0.15, 0.2) is 0 Å². The standard InChI is InChI=1S/C17H21F2NO3/c1-11(14-5-3-4-6-15(14)23-17(18)19)9-16(22)20-8-7-13(10-20)12(2)21/h3-6,9,12-13,17,21H,7-8,10H2,1-2H3/b11-9-. The first kappa shape index (κ1) is 17.4. The summed E-state index contributed by atoms with van der Waals surface area (Å²) in [5, 5.41) is 9.59. The lowest BCUT2D eigenvalue weighted by Crippen LogP contribution is -2.29. The van der Waals surface area contributed by atoms with Gasteiger partial charge < -0.3 is 14.7 Å². The van der Waals surface area contributed by atoms with E-state index < -0.39 is 12.7 Å². The Balaban J connectivity index is 2.12. The van der Waals surface area contributed by atoms with Crippen molar-refractivity contribution in [1.82, 2.24) is 4.90 Å². The minimum atomic E-state index is -2.91. The van der Waals surface area contributed by atoms with Crippen molar-refractivity contribution < 1.29 is 23.4 Å². The Bertz CT molecular complexity index is 587. The van der Waals surface area contributed by atoms with Gasteiger partial charge in [-0.15, -0.1) is 0 Å². The Morgan fingerprint density at radius 1 is 1.43 bits per heavy atom. The lowest BCUT2D eigenvalue weighted by atomic mass is 10.0. The van der Waals surface area contributed by atoms with Crippen LogP contribution >= 0.6 is 0 Å². The smallest absolute Gasteiger partial charge is 0.387 e. The van der Waals surface area contributed by atoms with Gasteiger partial charge in [0, 0.05) is 30.6 Å². The number of aliphatic hydroxyl groups excluding tert-OH is 1. The SMILES string of the molecule is C/C(=C/C(=O)N1CCC(C(C)O)C1)c1ccccc1OC(F)F. The van der Waals surface area contributed by atoms with Gasteiger partial charge in [-0.3, -0.25) is 4.79 Å². The number of amides is 1. The van der Waals surface area contributed by atoms with Gasteiger partial charge in [-0.05, 0) is 31.9 Å². The molecule has 2 unspecified atom stereocenters. The van der Waals surface area contributed by atoms with Crippen LogP contribution in [0.4, 0.5) is 8.78 Å². The predicted octanol–water partition coefficient (Wildman–Crippen LogP) is 2.92. The Morgan fingerprint density at radius 2 is 2.13 bits per heavy atom. The van der Waals surface area contributed by atoms with Gasteiger partial charge in [0.05, 0.1) is 6.10 Å². The van der Waals surface area contributed by atoms with E-state index in [-0.39, 0.29) is 17.6 Å². The van der Waals surface area contributed by atoms with Gasteiger partial charge >= 0.3 is 6.61 Å². The van der Waals surface area contributed by atoms with Crippen molar-refractivity contribution in [3.63, 3.8) is 0 Å². The van der Waals surface area contributed by atoms with E-state index in [9.17, 15) is 18.7 Å². The van der Waals surface area contributed by atoms with Crippen LogP contribution in [0.1, 0.15) is 25.8 Å². The molecule has 1 aliphatic heterocycles. The number of para-hydroxylation sites is 1. The number of aliphatic hydroxyl groups is 1. The molecule has 0 saturated carbocycles. The molecule has 1 amide bonds. The predicted molar refractivity (Wildman–Crippen MR) is 83.1 cm³/mol. The average Bonchev–Trinajstić information content (AvgIpc) is 2.97. The van der Waals surface area contributed by atoms with Crippen molar-refractivity contribution in [3.05, 3.63) is 35.9 Å². The van der Waals surface area contributed by atoms with E-state index >= 15 is 0 Å². The number of carbonyl (C=O) groups excluding carboxylic acids is 1. The van der Waals surface area contributed by atoms with Gasteiger partial charge in [-0.1, -0.05) is 18.2 Å². The summed E-state index contributed by atoms with van der Waals surface area (Å²) in [6, 6.07) is 6.39. The number of carbonyl (C=O) groups is 1. The van der Waals surface area contributed by atoms with Crippen LogP contribution in [-0.4, -0.2) is 41.7 Å². The number of hydrogen-bond acceptors (Lipinski definition) is 3. The molecule has 1 aromatic carbocycles. The van der Waals surface area contributed by atoms with Crippen molar-refractivity contribution >= 4 is 11.5 Å². The quantitative estimate of drug-likeness (QED) is 0.847. The first-order chi connectivity index (χ1) is 10.9. The summed E-state index contributed by atoms with van der Waals surface area (Å²) in [4.78, 5) is 14.0.